The zero-order valence-electron chi connectivity index (χ0n) is 16.5. The highest BCUT2D eigenvalue weighted by molar-refractivity contribution is 7.17. The lowest BCUT2D eigenvalue weighted by Crippen LogP contribution is -2.26. The molecule has 2 rings (SSSR count). The minimum absolute atomic E-state index is 0.138. The van der Waals surface area contributed by atoms with Gasteiger partial charge in [-0.05, 0) is 28.5 Å². The highest BCUT2D eigenvalue weighted by Crippen LogP contribution is 2.42. The third kappa shape index (κ3) is 4.30. The molecule has 1 heterocycles. The number of nitrogen functional groups attached to an aromatic ring is 1. The number of aromatic nitrogens is 1. The van der Waals surface area contributed by atoms with E-state index in [0.29, 0.717) is 11.1 Å². The van der Waals surface area contributed by atoms with Crippen LogP contribution in [0.3, 0.4) is 0 Å². The number of benzene rings is 1. The van der Waals surface area contributed by atoms with Gasteiger partial charge in [0.2, 0.25) is 5.78 Å². The number of nitrogens with two attached hydrogens (primary N) is 1. The molecule has 0 atom stereocenters. The molecule has 6 nitrogen and oxygen atoms in total. The van der Waals surface area contributed by atoms with Crippen molar-refractivity contribution in [1.82, 2.24) is 4.98 Å². The zero-order valence-corrected chi connectivity index (χ0v) is 17.3. The van der Waals surface area contributed by atoms with Gasteiger partial charge in [-0.2, -0.15) is 0 Å². The summed E-state index contributed by atoms with van der Waals surface area (Å²) < 4.78 is 0. The second-order valence-electron chi connectivity index (χ2n) is 8.61. The van der Waals surface area contributed by atoms with Crippen LogP contribution in [0.5, 0.6) is 5.75 Å². The molecule has 0 saturated heterocycles. The molecule has 27 heavy (non-hydrogen) atoms. The van der Waals surface area contributed by atoms with Gasteiger partial charge in [0.1, 0.15) is 10.6 Å². The molecule has 0 unspecified atom stereocenters. The van der Waals surface area contributed by atoms with Gasteiger partial charge < -0.3 is 15.9 Å². The third-order valence-corrected chi connectivity index (χ3v) is 5.09. The maximum absolute atomic E-state index is 13.4. The van der Waals surface area contributed by atoms with E-state index in [9.17, 15) is 14.7 Å². The Balaban J connectivity index is 2.77. The van der Waals surface area contributed by atoms with Crippen molar-refractivity contribution in [3.05, 3.63) is 39.4 Å². The number of hydrogen-bond donors (Lipinski definition) is 3. The first-order valence-electron chi connectivity index (χ1n) is 8.62. The van der Waals surface area contributed by atoms with E-state index < -0.39 is 11.4 Å². The van der Waals surface area contributed by atoms with Crippen molar-refractivity contribution >= 4 is 28.2 Å². The van der Waals surface area contributed by atoms with Crippen molar-refractivity contribution in [2.75, 3.05) is 5.73 Å². The number of carboxylic acids is 1. The summed E-state index contributed by atoms with van der Waals surface area (Å²) in [6.07, 6.45) is -0.371. The van der Waals surface area contributed by atoms with Gasteiger partial charge in [0.15, 0.2) is 5.13 Å². The lowest BCUT2D eigenvalue weighted by atomic mass is 9.72. The summed E-state index contributed by atoms with van der Waals surface area (Å²) in [4.78, 5) is 28.7. The number of ketones is 1. The smallest absolute Gasteiger partial charge is 0.309 e. The van der Waals surface area contributed by atoms with Crippen molar-refractivity contribution in [2.45, 2.75) is 58.8 Å². The number of aromatic hydroxyl groups is 1. The van der Waals surface area contributed by atoms with E-state index >= 15 is 0 Å². The van der Waals surface area contributed by atoms with E-state index in [2.05, 4.69) is 4.98 Å². The molecule has 1 aromatic heterocycles. The molecule has 7 heteroatoms. The van der Waals surface area contributed by atoms with E-state index in [1.54, 1.807) is 6.07 Å². The second kappa shape index (κ2) is 6.96. The van der Waals surface area contributed by atoms with Gasteiger partial charge in [-0.15, -0.1) is 0 Å². The van der Waals surface area contributed by atoms with Crippen molar-refractivity contribution in [3.8, 4) is 5.75 Å². The molecule has 0 bridgehead atoms. The average Bonchev–Trinajstić information content (AvgIpc) is 2.83. The summed E-state index contributed by atoms with van der Waals surface area (Å²) in [6.45, 7) is 11.9. The normalized spacial score (nSPS) is 12.2. The summed E-state index contributed by atoms with van der Waals surface area (Å²) in [7, 11) is 0. The fourth-order valence-corrected chi connectivity index (χ4v) is 4.06. The van der Waals surface area contributed by atoms with Crippen LogP contribution in [0, 0.1) is 0 Å². The Morgan fingerprint density at radius 1 is 1.07 bits per heavy atom. The zero-order chi connectivity index (χ0) is 20.7. The number of thiazole rings is 1. The van der Waals surface area contributed by atoms with Crippen LogP contribution in [0.15, 0.2) is 12.1 Å². The standard InChI is InChI=1S/C20H26N2O4S/c1-19(2,3)14-10(7-8-12(23)15(14)20(4,5)6)16(26)17-11(9-13(24)25)22-18(21)27-17/h7-8,23H,9H2,1-6H3,(H2,21,22)(H,24,25). The Hall–Kier alpha value is -2.41. The van der Waals surface area contributed by atoms with Crippen LogP contribution in [0.2, 0.25) is 0 Å². The lowest BCUT2D eigenvalue weighted by Gasteiger charge is -2.32. The Bertz CT molecular complexity index is 902. The van der Waals surface area contributed by atoms with Crippen molar-refractivity contribution < 1.29 is 19.8 Å². The Kier molecular flexibility index (Phi) is 5.39. The fourth-order valence-electron chi connectivity index (χ4n) is 3.25. The van der Waals surface area contributed by atoms with Crippen LogP contribution in [-0.2, 0) is 22.0 Å². The first-order chi connectivity index (χ1) is 12.2. The van der Waals surface area contributed by atoms with Gasteiger partial charge in [-0.1, -0.05) is 52.9 Å². The summed E-state index contributed by atoms with van der Waals surface area (Å²) in [5, 5.41) is 19.8. The molecule has 0 saturated carbocycles. The first-order valence-corrected chi connectivity index (χ1v) is 9.43. The molecular weight excluding hydrogens is 364 g/mol. The summed E-state index contributed by atoms with van der Waals surface area (Å²) in [5.74, 6) is -1.26. The topological polar surface area (TPSA) is 114 Å². The molecule has 0 aliphatic heterocycles. The van der Waals surface area contributed by atoms with Gasteiger partial charge in [-0.3, -0.25) is 9.59 Å². The second-order valence-corrected chi connectivity index (χ2v) is 9.64. The maximum Gasteiger partial charge on any atom is 0.309 e. The number of carbonyl (C=O) groups excluding carboxylic acids is 1. The van der Waals surface area contributed by atoms with Gasteiger partial charge in [0.05, 0.1) is 12.1 Å². The van der Waals surface area contributed by atoms with Crippen LogP contribution < -0.4 is 5.73 Å². The maximum atomic E-state index is 13.4. The van der Waals surface area contributed by atoms with Crippen molar-refractivity contribution in [1.29, 1.82) is 0 Å². The van der Waals surface area contributed by atoms with Crippen LogP contribution in [0.1, 0.15) is 73.6 Å². The van der Waals surface area contributed by atoms with Crippen molar-refractivity contribution in [2.24, 2.45) is 0 Å². The Labute approximate surface area is 163 Å². The molecule has 0 aliphatic carbocycles. The Morgan fingerprint density at radius 3 is 2.11 bits per heavy atom. The Morgan fingerprint density at radius 2 is 1.63 bits per heavy atom. The van der Waals surface area contributed by atoms with Crippen LogP contribution in [-0.4, -0.2) is 26.9 Å². The summed E-state index contributed by atoms with van der Waals surface area (Å²) in [5.41, 5.74) is 6.98. The van der Waals surface area contributed by atoms with E-state index in [-0.39, 0.29) is 39.1 Å². The molecule has 4 N–H and O–H groups in total. The number of carboxylic acid groups (broad SMARTS) is 1. The third-order valence-electron chi connectivity index (χ3n) is 4.17. The molecule has 0 aliphatic rings. The molecule has 146 valence electrons. The highest BCUT2D eigenvalue weighted by atomic mass is 32.1. The predicted molar refractivity (Wildman–Crippen MR) is 107 cm³/mol. The SMILES string of the molecule is CC(C)(C)c1c(O)ccc(C(=O)c2sc(N)nc2CC(=O)O)c1C(C)(C)C. The number of phenols is 1. The monoisotopic (exact) mass is 390 g/mol. The molecule has 0 radical (unpaired) electrons. The summed E-state index contributed by atoms with van der Waals surface area (Å²) >= 11 is 0.987. The molecule has 0 fully saturated rings. The van der Waals surface area contributed by atoms with Gasteiger partial charge in [-0.25, -0.2) is 4.98 Å². The minimum Gasteiger partial charge on any atom is -0.508 e. The molecule has 0 amide bonds. The quantitative estimate of drug-likeness (QED) is 0.683. The van der Waals surface area contributed by atoms with Gasteiger partial charge in [0, 0.05) is 11.1 Å². The predicted octanol–water partition coefficient (Wildman–Crippen LogP) is 3.88. The van der Waals surface area contributed by atoms with E-state index in [0.717, 1.165) is 16.9 Å². The molecule has 2 aromatic rings. The minimum atomic E-state index is -1.08. The number of anilines is 1. The molecular formula is C20H26N2O4S. The number of hydrogen-bond acceptors (Lipinski definition) is 6. The number of phenolic OH excluding ortho intramolecular Hbond substituents is 1. The van der Waals surface area contributed by atoms with Crippen LogP contribution in [0.4, 0.5) is 5.13 Å². The largest absolute Gasteiger partial charge is 0.508 e. The van der Waals surface area contributed by atoms with E-state index in [1.165, 1.54) is 6.07 Å². The van der Waals surface area contributed by atoms with Gasteiger partial charge >= 0.3 is 5.97 Å². The highest BCUT2D eigenvalue weighted by Gasteiger charge is 2.33. The number of aliphatic carboxylic acids is 1. The van der Waals surface area contributed by atoms with Crippen LogP contribution >= 0.6 is 11.3 Å². The van der Waals surface area contributed by atoms with Gasteiger partial charge in [0.25, 0.3) is 0 Å². The molecule has 1 aromatic carbocycles. The summed E-state index contributed by atoms with van der Waals surface area (Å²) in [6, 6.07) is 3.11. The fraction of sp³-hybridized carbons (Fsp3) is 0.450. The number of carbonyl (C=O) groups is 2. The number of rotatable bonds is 4. The molecule has 0 spiro atoms. The van der Waals surface area contributed by atoms with E-state index in [4.69, 9.17) is 10.8 Å². The van der Waals surface area contributed by atoms with Crippen molar-refractivity contribution in [3.63, 3.8) is 0 Å². The van der Waals surface area contributed by atoms with E-state index in [1.807, 2.05) is 41.5 Å². The average molecular weight is 391 g/mol. The lowest BCUT2D eigenvalue weighted by molar-refractivity contribution is -0.136. The van der Waals surface area contributed by atoms with Crippen LogP contribution in [0.25, 0.3) is 0 Å². The number of nitrogens with zero attached hydrogens (tertiary/aromatic N) is 1. The first kappa shape index (κ1) is 20.9.